The molecular formula is C48H54N4O5. The van der Waals surface area contributed by atoms with Crippen LogP contribution in [0.4, 0.5) is 0 Å². The number of unbranched alkanes of at least 4 members (excludes halogenated alkanes) is 2. The summed E-state index contributed by atoms with van der Waals surface area (Å²) in [6.45, 7) is 13.3. The number of benzene rings is 2. The minimum absolute atomic E-state index is 0.0456. The van der Waals surface area contributed by atoms with Gasteiger partial charge < -0.3 is 9.47 Å². The maximum absolute atomic E-state index is 12.8. The number of aromatic nitrogens is 2. The highest BCUT2D eigenvalue weighted by atomic mass is 16.5. The van der Waals surface area contributed by atoms with Gasteiger partial charge in [-0.05, 0) is 78.0 Å². The topological polar surface area (TPSA) is 143 Å². The number of ketones is 1. The van der Waals surface area contributed by atoms with Crippen molar-refractivity contribution >= 4 is 23.3 Å². The Kier molecular flexibility index (Phi) is 16.9. The summed E-state index contributed by atoms with van der Waals surface area (Å²) in [4.78, 5) is 44.2. The van der Waals surface area contributed by atoms with Gasteiger partial charge in [-0.15, -0.1) is 0 Å². The van der Waals surface area contributed by atoms with Gasteiger partial charge in [0.15, 0.2) is 0 Å². The predicted molar refractivity (Wildman–Crippen MR) is 223 cm³/mol. The van der Waals surface area contributed by atoms with E-state index in [9.17, 15) is 19.6 Å². The van der Waals surface area contributed by atoms with E-state index < -0.39 is 11.9 Å². The molecule has 0 aliphatic heterocycles. The quantitative estimate of drug-likeness (QED) is 0.0601. The number of carbonyl (C=O) groups is 3. The summed E-state index contributed by atoms with van der Waals surface area (Å²) in [6, 6.07) is 21.4. The zero-order valence-electron chi connectivity index (χ0n) is 34.2. The molecule has 6 rings (SSSR count). The van der Waals surface area contributed by atoms with Crippen molar-refractivity contribution in [3.05, 3.63) is 112 Å². The average molecular weight is 767 g/mol. The second-order valence-corrected chi connectivity index (χ2v) is 14.5. The highest BCUT2D eigenvalue weighted by molar-refractivity contribution is 6.21. The lowest BCUT2D eigenvalue weighted by Gasteiger charge is -2.15. The molecular weight excluding hydrogens is 713 g/mol. The third-order valence-electron chi connectivity index (χ3n) is 10.5. The predicted octanol–water partition coefficient (Wildman–Crippen LogP) is 10.7. The Balaban J connectivity index is 0.000000209. The van der Waals surface area contributed by atoms with E-state index in [0.717, 1.165) is 88.6 Å². The summed E-state index contributed by atoms with van der Waals surface area (Å²) in [5, 5.41) is 18.1. The van der Waals surface area contributed by atoms with Gasteiger partial charge in [-0.3, -0.25) is 19.6 Å². The summed E-state index contributed by atoms with van der Waals surface area (Å²) >= 11 is 0. The van der Waals surface area contributed by atoms with Crippen molar-refractivity contribution in [3.63, 3.8) is 0 Å². The summed E-state index contributed by atoms with van der Waals surface area (Å²) in [7, 11) is 0. The average Bonchev–Trinajstić information content (AvgIpc) is 3.72. The van der Waals surface area contributed by atoms with Gasteiger partial charge >= 0.3 is 11.9 Å². The Labute approximate surface area is 337 Å². The molecule has 2 aromatic heterocycles. The van der Waals surface area contributed by atoms with Gasteiger partial charge in [0.05, 0.1) is 19.3 Å². The van der Waals surface area contributed by atoms with E-state index in [4.69, 9.17) is 14.7 Å². The van der Waals surface area contributed by atoms with Crippen LogP contribution in [0.5, 0.6) is 0 Å². The second-order valence-electron chi connectivity index (χ2n) is 14.5. The monoisotopic (exact) mass is 766 g/mol. The maximum atomic E-state index is 12.8. The molecule has 0 spiro atoms. The minimum Gasteiger partial charge on any atom is -0.465 e. The number of nitrogens with zero attached hydrogens (tertiary/aromatic N) is 4. The molecule has 296 valence electrons. The molecule has 0 saturated heterocycles. The fourth-order valence-electron chi connectivity index (χ4n) is 7.13. The first-order chi connectivity index (χ1) is 27.6. The number of fused-ring (bicyclic) bond motifs is 6. The summed E-state index contributed by atoms with van der Waals surface area (Å²) in [6.07, 6.45) is 13.8. The fraction of sp³-hybridized carbons (Fsp3) is 0.396. The van der Waals surface area contributed by atoms with E-state index in [0.29, 0.717) is 36.3 Å². The van der Waals surface area contributed by atoms with Crippen LogP contribution >= 0.6 is 0 Å². The molecule has 2 aromatic carbocycles. The minimum atomic E-state index is -0.545. The standard InChI is InChI=1S/C24H26N2O2.C13H9NO.C11H19NO2/c1-4-6-9-17(5-2)15-28-24(27)20(12-25)23-19-11-8-7-10-18(19)22-16(3)13-26-14-21(22)23;1-8-6-7-14-12-11(8)9-4-2-3-5-10(9)13(12)15;1-3-5-6-10(4-2)9-14-11(13)7-8-12/h7-8,10-11,13-14,17H,4-6,9,15H2,1-3H3;2-7H,1H3;10H,3-7,9H2,1-2H3/b23-20-;;. The number of hydrogen-bond acceptors (Lipinski definition) is 9. The number of pyridine rings is 2. The Morgan fingerprint density at radius 2 is 1.30 bits per heavy atom. The Hall–Kier alpha value is -5.93. The van der Waals surface area contributed by atoms with Gasteiger partial charge in [0.2, 0.25) is 5.78 Å². The molecule has 0 radical (unpaired) electrons. The van der Waals surface area contributed by atoms with Crippen LogP contribution in [0.25, 0.3) is 27.8 Å². The van der Waals surface area contributed by atoms with Gasteiger partial charge in [-0.1, -0.05) is 115 Å². The van der Waals surface area contributed by atoms with Gasteiger partial charge in [-0.2, -0.15) is 10.5 Å². The summed E-state index contributed by atoms with van der Waals surface area (Å²) in [5.41, 5.74) is 9.99. The highest BCUT2D eigenvalue weighted by Gasteiger charge is 2.31. The molecule has 9 nitrogen and oxygen atoms in total. The Morgan fingerprint density at radius 1 is 0.719 bits per heavy atom. The van der Waals surface area contributed by atoms with Gasteiger partial charge in [0.25, 0.3) is 0 Å². The Bertz CT molecular complexity index is 2160. The lowest BCUT2D eigenvalue weighted by atomic mass is 9.99. The lowest BCUT2D eigenvalue weighted by molar-refractivity contribution is -0.144. The molecule has 0 N–H and O–H groups in total. The van der Waals surface area contributed by atoms with Crippen LogP contribution < -0.4 is 0 Å². The Morgan fingerprint density at radius 3 is 1.88 bits per heavy atom. The van der Waals surface area contributed by atoms with E-state index in [1.165, 1.54) is 12.8 Å². The third-order valence-corrected chi connectivity index (χ3v) is 10.5. The molecule has 0 bridgehead atoms. The first kappa shape index (κ1) is 43.8. The largest absolute Gasteiger partial charge is 0.465 e. The summed E-state index contributed by atoms with van der Waals surface area (Å²) in [5.74, 6) is -0.109. The van der Waals surface area contributed by atoms with Crippen LogP contribution in [-0.4, -0.2) is 40.9 Å². The van der Waals surface area contributed by atoms with Crippen molar-refractivity contribution in [1.29, 1.82) is 10.5 Å². The van der Waals surface area contributed by atoms with Crippen molar-refractivity contribution in [2.24, 2.45) is 11.8 Å². The fourth-order valence-corrected chi connectivity index (χ4v) is 7.13. The van der Waals surface area contributed by atoms with Gasteiger partial charge in [0.1, 0.15) is 23.8 Å². The summed E-state index contributed by atoms with van der Waals surface area (Å²) < 4.78 is 10.5. The molecule has 2 aliphatic rings. The second kappa shape index (κ2) is 22.0. The molecule has 0 saturated carbocycles. The molecule has 4 aromatic rings. The first-order valence-corrected chi connectivity index (χ1v) is 20.1. The number of carbonyl (C=O) groups excluding carboxylic acids is 3. The molecule has 57 heavy (non-hydrogen) atoms. The van der Waals surface area contributed by atoms with E-state index in [-0.39, 0.29) is 17.8 Å². The molecule has 9 heteroatoms. The number of aryl methyl sites for hydroxylation is 2. The zero-order chi connectivity index (χ0) is 41.3. The smallest absolute Gasteiger partial charge is 0.349 e. The zero-order valence-corrected chi connectivity index (χ0v) is 34.2. The van der Waals surface area contributed by atoms with Crippen molar-refractivity contribution in [2.75, 3.05) is 13.2 Å². The molecule has 0 fully saturated rings. The van der Waals surface area contributed by atoms with Crippen LogP contribution in [0.2, 0.25) is 0 Å². The van der Waals surface area contributed by atoms with Crippen LogP contribution in [-0.2, 0) is 19.1 Å². The molecule has 2 atom stereocenters. The molecule has 0 amide bonds. The van der Waals surface area contributed by atoms with Crippen molar-refractivity contribution in [3.8, 4) is 34.4 Å². The molecule has 2 heterocycles. The van der Waals surface area contributed by atoms with Crippen molar-refractivity contribution in [2.45, 2.75) is 99.3 Å². The van der Waals surface area contributed by atoms with Crippen LogP contribution in [0.15, 0.2) is 78.8 Å². The third kappa shape index (κ3) is 10.9. The van der Waals surface area contributed by atoms with Crippen LogP contribution in [0.3, 0.4) is 0 Å². The number of esters is 2. The maximum Gasteiger partial charge on any atom is 0.349 e. The number of rotatable bonds is 14. The lowest BCUT2D eigenvalue weighted by Crippen LogP contribution is -2.16. The first-order valence-electron chi connectivity index (χ1n) is 20.1. The number of nitriles is 2. The highest BCUT2D eigenvalue weighted by Crippen LogP contribution is 2.46. The SMILES string of the molecule is CCCCC(CC)COC(=O)/C(C#N)=C1/c2ccccc2-c2c(C)cncc21.CCCCC(CC)COC(=O)CC#N.Cc1ccnc2c1-c1ccccc1C2=O. The van der Waals surface area contributed by atoms with E-state index in [1.54, 1.807) is 18.5 Å². The molecule has 2 unspecified atom stereocenters. The van der Waals surface area contributed by atoms with Crippen LogP contribution in [0, 0.1) is 48.3 Å². The van der Waals surface area contributed by atoms with E-state index in [1.807, 2.05) is 74.6 Å². The van der Waals surface area contributed by atoms with E-state index in [2.05, 4.69) is 43.7 Å². The molecule has 2 aliphatic carbocycles. The normalized spacial score (nSPS) is 13.4. The van der Waals surface area contributed by atoms with Crippen molar-refractivity contribution < 1.29 is 23.9 Å². The number of hydrogen-bond donors (Lipinski definition) is 0. The van der Waals surface area contributed by atoms with Crippen molar-refractivity contribution in [1.82, 2.24) is 9.97 Å². The van der Waals surface area contributed by atoms with Gasteiger partial charge in [0, 0.05) is 40.9 Å². The van der Waals surface area contributed by atoms with E-state index >= 15 is 0 Å². The van der Waals surface area contributed by atoms with Crippen LogP contribution in [0.1, 0.15) is 124 Å². The van der Waals surface area contributed by atoms with Gasteiger partial charge in [-0.25, -0.2) is 4.79 Å². The number of ether oxygens (including phenoxy) is 2.